The van der Waals surface area contributed by atoms with E-state index in [1.165, 1.54) is 0 Å². The molecule has 0 radical (unpaired) electrons. The van der Waals surface area contributed by atoms with Crippen LogP contribution in [-0.2, 0) is 30.7 Å². The number of hydrogen-bond donors (Lipinski definition) is 0. The number of benzene rings is 3. The fourth-order valence-electron chi connectivity index (χ4n) is 6.92. The van der Waals surface area contributed by atoms with Crippen molar-refractivity contribution >= 4 is 17.6 Å². The van der Waals surface area contributed by atoms with Crippen LogP contribution in [0.1, 0.15) is 66.6 Å². The van der Waals surface area contributed by atoms with Crippen LogP contribution in [0.25, 0.3) is 0 Å². The van der Waals surface area contributed by atoms with Gasteiger partial charge in [-0.25, -0.2) is 19.2 Å². The zero-order valence-electron chi connectivity index (χ0n) is 30.0. The van der Waals surface area contributed by atoms with Crippen molar-refractivity contribution in [2.45, 2.75) is 71.6 Å². The van der Waals surface area contributed by atoms with E-state index in [9.17, 15) is 4.79 Å². The first kappa shape index (κ1) is 35.0. The van der Waals surface area contributed by atoms with Crippen molar-refractivity contribution in [1.29, 1.82) is 0 Å². The molecule has 1 saturated heterocycles. The number of halogens is 1. The first-order valence-corrected chi connectivity index (χ1v) is 17.4. The van der Waals surface area contributed by atoms with Crippen molar-refractivity contribution in [3.8, 4) is 11.5 Å². The summed E-state index contributed by atoms with van der Waals surface area (Å²) in [5.41, 5.74) is 6.02. The Kier molecular flexibility index (Phi) is 10.5. The van der Waals surface area contributed by atoms with Gasteiger partial charge in [0.05, 0.1) is 19.9 Å². The van der Waals surface area contributed by atoms with Gasteiger partial charge in [-0.15, -0.1) is 0 Å². The van der Waals surface area contributed by atoms with E-state index in [0.29, 0.717) is 51.4 Å². The van der Waals surface area contributed by atoms with E-state index in [1.54, 1.807) is 25.4 Å². The molecule has 0 N–H and O–H groups in total. The second kappa shape index (κ2) is 14.9. The average molecular weight is 682 g/mol. The molecule has 2 heterocycles. The van der Waals surface area contributed by atoms with Crippen LogP contribution in [0.4, 0.5) is 20.7 Å². The number of aryl methyl sites for hydroxylation is 1. The quantitative estimate of drug-likeness (QED) is 0.180. The molecule has 6 rings (SSSR count). The number of aromatic nitrogens is 2. The van der Waals surface area contributed by atoms with E-state index in [0.717, 1.165) is 63.7 Å². The zero-order valence-corrected chi connectivity index (χ0v) is 30.0. The van der Waals surface area contributed by atoms with Crippen LogP contribution in [0.5, 0.6) is 11.5 Å². The predicted octanol–water partition coefficient (Wildman–Crippen LogP) is 7.48. The third kappa shape index (κ3) is 8.12. The molecule has 50 heavy (non-hydrogen) atoms. The molecule has 1 aliphatic carbocycles. The van der Waals surface area contributed by atoms with Gasteiger partial charge in [0.25, 0.3) is 0 Å². The summed E-state index contributed by atoms with van der Waals surface area (Å²) >= 11 is 0. The van der Waals surface area contributed by atoms with E-state index >= 15 is 4.39 Å². The molecule has 0 spiro atoms. The summed E-state index contributed by atoms with van der Waals surface area (Å²) in [4.78, 5) is 28.1. The van der Waals surface area contributed by atoms with E-state index in [2.05, 4.69) is 9.80 Å². The van der Waals surface area contributed by atoms with Gasteiger partial charge in [0, 0.05) is 50.5 Å². The van der Waals surface area contributed by atoms with Gasteiger partial charge < -0.3 is 28.9 Å². The van der Waals surface area contributed by atoms with E-state index in [4.69, 9.17) is 24.2 Å². The van der Waals surface area contributed by atoms with Crippen molar-refractivity contribution in [2.75, 3.05) is 50.2 Å². The first-order chi connectivity index (χ1) is 24.0. The molecule has 0 saturated carbocycles. The Morgan fingerprint density at radius 3 is 2.06 bits per heavy atom. The lowest BCUT2D eigenvalue weighted by Crippen LogP contribution is -2.50. The fraction of sp³-hybridized carbons (Fsp3) is 0.425. The summed E-state index contributed by atoms with van der Waals surface area (Å²) in [6, 6.07) is 19.8. The molecule has 3 aromatic carbocycles. The highest BCUT2D eigenvalue weighted by Gasteiger charge is 2.31. The van der Waals surface area contributed by atoms with Gasteiger partial charge in [-0.2, -0.15) is 0 Å². The molecule has 2 aliphatic rings. The molecule has 264 valence electrons. The highest BCUT2D eigenvalue weighted by atomic mass is 19.1. The maximum Gasteiger partial charge on any atom is 0.410 e. The third-order valence-corrected chi connectivity index (χ3v) is 9.50. The van der Waals surface area contributed by atoms with E-state index in [-0.39, 0.29) is 17.8 Å². The van der Waals surface area contributed by atoms with Crippen molar-refractivity contribution < 1.29 is 23.4 Å². The number of piperazine rings is 1. The predicted molar refractivity (Wildman–Crippen MR) is 194 cm³/mol. The van der Waals surface area contributed by atoms with Crippen LogP contribution >= 0.6 is 0 Å². The molecule has 0 bridgehead atoms. The van der Waals surface area contributed by atoms with Crippen molar-refractivity contribution in [2.24, 2.45) is 0 Å². The number of carbonyl (C=O) groups is 1. The van der Waals surface area contributed by atoms with Crippen LogP contribution in [0.3, 0.4) is 0 Å². The van der Waals surface area contributed by atoms with Crippen molar-refractivity contribution in [3.05, 3.63) is 106 Å². The Morgan fingerprint density at radius 1 is 0.900 bits per heavy atom. The smallest absolute Gasteiger partial charge is 0.410 e. The number of rotatable bonds is 9. The monoisotopic (exact) mass is 681 g/mol. The van der Waals surface area contributed by atoms with Crippen molar-refractivity contribution in [3.63, 3.8) is 0 Å². The third-order valence-electron chi connectivity index (χ3n) is 9.50. The van der Waals surface area contributed by atoms with Gasteiger partial charge in [-0.3, -0.25) is 0 Å². The topological polar surface area (TPSA) is 80.3 Å². The van der Waals surface area contributed by atoms with Crippen molar-refractivity contribution in [1.82, 2.24) is 14.9 Å². The second-order valence-electron chi connectivity index (χ2n) is 14.3. The lowest BCUT2D eigenvalue weighted by molar-refractivity contribution is 0.0240. The molecule has 1 unspecified atom stereocenters. The maximum absolute atomic E-state index is 16.9. The Bertz CT molecular complexity index is 1730. The Labute approximate surface area is 295 Å². The normalized spacial score (nSPS) is 16.1. The Balaban J connectivity index is 1.23. The summed E-state index contributed by atoms with van der Waals surface area (Å²) in [5.74, 6) is 2.29. The molecule has 1 aromatic heterocycles. The average Bonchev–Trinajstić information content (AvgIpc) is 3.11. The number of amides is 1. The molecule has 1 atom stereocenters. The van der Waals surface area contributed by atoms with Crippen LogP contribution < -0.4 is 19.3 Å². The molecule has 9 nitrogen and oxygen atoms in total. The fourth-order valence-corrected chi connectivity index (χ4v) is 6.92. The second-order valence-corrected chi connectivity index (χ2v) is 14.3. The number of methoxy groups -OCH3 is 2. The van der Waals surface area contributed by atoms with Gasteiger partial charge in [-0.1, -0.05) is 30.3 Å². The zero-order chi connectivity index (χ0) is 35.4. The highest BCUT2D eigenvalue weighted by Crippen LogP contribution is 2.39. The minimum Gasteiger partial charge on any atom is -0.497 e. The number of ether oxygens (including phenoxy) is 3. The highest BCUT2D eigenvalue weighted by molar-refractivity contribution is 5.68. The number of fused-ring (bicyclic) bond motifs is 1. The summed E-state index contributed by atoms with van der Waals surface area (Å²) < 4.78 is 33.2. The summed E-state index contributed by atoms with van der Waals surface area (Å²) in [7, 11) is 3.31. The number of hydrogen-bond acceptors (Lipinski definition) is 8. The summed E-state index contributed by atoms with van der Waals surface area (Å²) in [6.07, 6.45) is 3.53. The van der Waals surface area contributed by atoms with Gasteiger partial charge in [-0.05, 0) is 105 Å². The van der Waals surface area contributed by atoms with Crippen LogP contribution in [0.2, 0.25) is 0 Å². The molecule has 1 amide bonds. The number of anilines is 2. The minimum atomic E-state index is -0.528. The minimum absolute atomic E-state index is 0.0169. The summed E-state index contributed by atoms with van der Waals surface area (Å²) in [5, 5.41) is 0. The van der Waals surface area contributed by atoms with Gasteiger partial charge in [0.2, 0.25) is 0 Å². The molecular weight excluding hydrogens is 633 g/mol. The maximum atomic E-state index is 16.9. The molecule has 1 aliphatic heterocycles. The first-order valence-electron chi connectivity index (χ1n) is 17.4. The van der Waals surface area contributed by atoms with E-state index in [1.807, 2.05) is 88.4 Å². The largest absolute Gasteiger partial charge is 0.497 e. The summed E-state index contributed by atoms with van der Waals surface area (Å²) in [6.45, 7) is 11.2. The SMILES string of the molecule is COc1ccc(CN(Cc2ccc(OC)cc2)c2cc(C)cc(C3CCc4c(ncnc4N4CCN(C(=O)OC(C)(C)C)CC4)C3)c2F)cc1. The van der Waals surface area contributed by atoms with E-state index < -0.39 is 5.60 Å². The Morgan fingerprint density at radius 2 is 1.50 bits per heavy atom. The van der Waals surface area contributed by atoms with Gasteiger partial charge in [0.15, 0.2) is 0 Å². The van der Waals surface area contributed by atoms with Gasteiger partial charge >= 0.3 is 6.09 Å². The molecule has 4 aromatic rings. The van der Waals surface area contributed by atoms with Gasteiger partial charge in [0.1, 0.15) is 35.1 Å². The molecular formula is C40H48FN5O4. The lowest BCUT2D eigenvalue weighted by atomic mass is 9.81. The standard InChI is InChI=1S/C40H48FN5O4/c1-27-21-34(30-11-16-33-35(23-30)42-26-43-38(33)44-17-19-45(20-18-44)39(47)50-40(2,3)4)37(41)36(22-27)46(24-28-7-12-31(48-5)13-8-28)25-29-9-14-32(49-6)15-10-29/h7-10,12-15,21-22,26,30H,11,16-20,23-25H2,1-6H3. The lowest BCUT2D eigenvalue weighted by Gasteiger charge is -2.37. The molecule has 1 fully saturated rings. The van der Waals surface area contributed by atoms with Crippen LogP contribution in [0.15, 0.2) is 67.0 Å². The van der Waals surface area contributed by atoms with Crippen LogP contribution in [-0.4, -0.2) is 67.0 Å². The number of carbonyl (C=O) groups excluding carboxylic acids is 1. The Hall–Kier alpha value is -4.86. The number of nitrogens with zero attached hydrogens (tertiary/aromatic N) is 5. The molecule has 10 heteroatoms. The van der Waals surface area contributed by atoms with Crippen LogP contribution in [0, 0.1) is 12.7 Å².